The van der Waals surface area contributed by atoms with Gasteiger partial charge in [0.15, 0.2) is 0 Å². The van der Waals surface area contributed by atoms with Crippen LogP contribution in [0.1, 0.15) is 44.6 Å². The van der Waals surface area contributed by atoms with Gasteiger partial charge >= 0.3 is 0 Å². The lowest BCUT2D eigenvalue weighted by Crippen LogP contribution is -1.93. The molecule has 0 N–H and O–H groups in total. The summed E-state index contributed by atoms with van der Waals surface area (Å²) in [6.07, 6.45) is 11.4. The first-order valence-electron chi connectivity index (χ1n) is 6.74. The normalized spacial score (nSPS) is 10.9. The van der Waals surface area contributed by atoms with E-state index < -0.39 is 0 Å². The molecule has 0 aliphatic rings. The van der Waals surface area contributed by atoms with E-state index >= 15 is 0 Å². The number of hydrogen-bond donors (Lipinski definition) is 0. The molecule has 0 amide bonds. The van der Waals surface area contributed by atoms with Gasteiger partial charge in [0.05, 0.1) is 12.9 Å². The van der Waals surface area contributed by atoms with Gasteiger partial charge in [-0.25, -0.2) is 0 Å². The summed E-state index contributed by atoms with van der Waals surface area (Å²) >= 11 is 0. The van der Waals surface area contributed by atoms with Crippen molar-refractivity contribution in [1.82, 2.24) is 0 Å². The number of hydrogen-bond acceptors (Lipinski definition) is 1. The van der Waals surface area contributed by atoms with Gasteiger partial charge in [0.2, 0.25) is 0 Å². The molecule has 1 rings (SSSR count). The van der Waals surface area contributed by atoms with Gasteiger partial charge < -0.3 is 4.74 Å². The molecule has 0 fully saturated rings. The highest BCUT2D eigenvalue weighted by atomic mass is 16.5. The Balaban J connectivity index is 1.95. The Morgan fingerprint density at radius 3 is 2.65 bits per heavy atom. The number of ether oxygens (including phenoxy) is 1. The first-order chi connectivity index (χ1) is 8.43. The minimum Gasteiger partial charge on any atom is -0.501 e. The molecule has 0 atom stereocenters. The smallest absolute Gasteiger partial charge is 0.0913 e. The lowest BCUT2D eigenvalue weighted by Gasteiger charge is -2.01. The molecule has 0 heterocycles. The van der Waals surface area contributed by atoms with Crippen molar-refractivity contribution in [2.24, 2.45) is 0 Å². The van der Waals surface area contributed by atoms with Crippen molar-refractivity contribution in [2.45, 2.75) is 45.4 Å². The zero-order valence-corrected chi connectivity index (χ0v) is 10.9. The predicted molar refractivity (Wildman–Crippen MR) is 74.0 cm³/mol. The van der Waals surface area contributed by atoms with Gasteiger partial charge in [-0.2, -0.15) is 0 Å². The van der Waals surface area contributed by atoms with Crippen LogP contribution in [0.25, 0.3) is 0 Å². The van der Waals surface area contributed by atoms with Crippen molar-refractivity contribution in [3.63, 3.8) is 0 Å². The monoisotopic (exact) mass is 232 g/mol. The van der Waals surface area contributed by atoms with Crippen molar-refractivity contribution in [1.29, 1.82) is 0 Å². The molecule has 17 heavy (non-hydrogen) atoms. The number of allylic oxidation sites excluding steroid dienone is 1. The Morgan fingerprint density at radius 2 is 1.88 bits per heavy atom. The van der Waals surface area contributed by atoms with Crippen LogP contribution >= 0.6 is 0 Å². The molecular formula is C16H24O. The number of benzene rings is 1. The van der Waals surface area contributed by atoms with E-state index in [4.69, 9.17) is 4.74 Å². The van der Waals surface area contributed by atoms with Crippen LogP contribution in [-0.2, 0) is 11.2 Å². The largest absolute Gasteiger partial charge is 0.501 e. The highest BCUT2D eigenvalue weighted by molar-refractivity contribution is 5.14. The van der Waals surface area contributed by atoms with Crippen molar-refractivity contribution in [3.05, 3.63) is 48.2 Å². The molecule has 0 saturated heterocycles. The predicted octanol–water partition coefficient (Wildman–Crippen LogP) is 4.73. The summed E-state index contributed by atoms with van der Waals surface area (Å²) < 4.78 is 5.46. The third-order valence-electron chi connectivity index (χ3n) is 2.77. The molecule has 0 aromatic heterocycles. The molecule has 0 unspecified atom stereocenters. The van der Waals surface area contributed by atoms with Crippen LogP contribution in [0.15, 0.2) is 42.7 Å². The van der Waals surface area contributed by atoms with Crippen molar-refractivity contribution in [3.8, 4) is 0 Å². The van der Waals surface area contributed by atoms with Gasteiger partial charge in [0, 0.05) is 6.42 Å². The fourth-order valence-electron chi connectivity index (χ4n) is 1.71. The van der Waals surface area contributed by atoms with Gasteiger partial charge in [-0.1, -0.05) is 56.5 Å². The lowest BCUT2D eigenvalue weighted by molar-refractivity contribution is 0.252. The van der Waals surface area contributed by atoms with Gasteiger partial charge in [0.1, 0.15) is 0 Å². The maximum Gasteiger partial charge on any atom is 0.0913 e. The van der Waals surface area contributed by atoms with Crippen LogP contribution in [0.5, 0.6) is 0 Å². The lowest BCUT2D eigenvalue weighted by atomic mass is 10.1. The highest BCUT2D eigenvalue weighted by Crippen LogP contribution is 2.03. The van der Waals surface area contributed by atoms with Crippen molar-refractivity contribution >= 4 is 0 Å². The van der Waals surface area contributed by atoms with E-state index in [2.05, 4.69) is 37.3 Å². The summed E-state index contributed by atoms with van der Waals surface area (Å²) in [5.41, 5.74) is 1.34. The summed E-state index contributed by atoms with van der Waals surface area (Å²) in [6, 6.07) is 10.5. The van der Waals surface area contributed by atoms with E-state index in [0.717, 1.165) is 19.4 Å². The van der Waals surface area contributed by atoms with E-state index in [-0.39, 0.29) is 0 Å². The van der Waals surface area contributed by atoms with Crippen LogP contribution in [0.2, 0.25) is 0 Å². The molecule has 0 saturated carbocycles. The third-order valence-corrected chi connectivity index (χ3v) is 2.77. The Labute approximate surface area is 106 Å². The Hall–Kier alpha value is -1.24. The first kappa shape index (κ1) is 13.8. The number of rotatable bonds is 9. The van der Waals surface area contributed by atoms with Gasteiger partial charge in [-0.3, -0.25) is 0 Å². The molecule has 0 aliphatic heterocycles. The first-order valence-corrected chi connectivity index (χ1v) is 6.74. The second-order valence-corrected chi connectivity index (χ2v) is 4.33. The summed E-state index contributed by atoms with van der Waals surface area (Å²) in [5, 5.41) is 0. The van der Waals surface area contributed by atoms with E-state index in [1.807, 2.05) is 12.3 Å². The van der Waals surface area contributed by atoms with Crippen molar-refractivity contribution in [2.75, 3.05) is 6.61 Å². The standard InChI is InChI=1S/C16H24O/c1-2-3-4-5-6-10-14-17-15-13-16-11-8-7-9-12-16/h7-12,14H,2-6,13,15H2,1H3. The SMILES string of the molecule is CCCCCCC=COCCc1ccccc1. The van der Waals surface area contributed by atoms with E-state index in [1.54, 1.807) is 0 Å². The second-order valence-electron chi connectivity index (χ2n) is 4.33. The zero-order valence-electron chi connectivity index (χ0n) is 10.9. The highest BCUT2D eigenvalue weighted by Gasteiger charge is 1.89. The topological polar surface area (TPSA) is 9.23 Å². The summed E-state index contributed by atoms with van der Waals surface area (Å²) in [5.74, 6) is 0. The van der Waals surface area contributed by atoms with Gasteiger partial charge in [-0.15, -0.1) is 0 Å². The van der Waals surface area contributed by atoms with Crippen LogP contribution < -0.4 is 0 Å². The quantitative estimate of drug-likeness (QED) is 0.442. The molecular weight excluding hydrogens is 208 g/mol. The molecule has 0 radical (unpaired) electrons. The maximum absolute atomic E-state index is 5.46. The van der Waals surface area contributed by atoms with E-state index in [9.17, 15) is 0 Å². The molecule has 0 spiro atoms. The Morgan fingerprint density at radius 1 is 1.06 bits per heavy atom. The van der Waals surface area contributed by atoms with Crippen LogP contribution in [0.3, 0.4) is 0 Å². The Bertz CT molecular complexity index is 290. The molecule has 1 heteroatoms. The molecule has 1 aromatic rings. The zero-order chi connectivity index (χ0) is 12.2. The van der Waals surface area contributed by atoms with Crippen LogP contribution in [-0.4, -0.2) is 6.61 Å². The van der Waals surface area contributed by atoms with Crippen LogP contribution in [0, 0.1) is 0 Å². The summed E-state index contributed by atoms with van der Waals surface area (Å²) in [6.45, 7) is 3.01. The molecule has 1 aromatic carbocycles. The Kier molecular flexibility index (Phi) is 8.09. The van der Waals surface area contributed by atoms with Crippen LogP contribution in [0.4, 0.5) is 0 Å². The minimum atomic E-state index is 0.773. The summed E-state index contributed by atoms with van der Waals surface area (Å²) in [4.78, 5) is 0. The van der Waals surface area contributed by atoms with Gasteiger partial charge in [-0.05, 0) is 24.5 Å². The second kappa shape index (κ2) is 9.95. The molecule has 0 bridgehead atoms. The molecule has 0 aliphatic carbocycles. The maximum atomic E-state index is 5.46. The third kappa shape index (κ3) is 7.62. The minimum absolute atomic E-state index is 0.773. The fourth-order valence-corrected chi connectivity index (χ4v) is 1.71. The number of unbranched alkanes of at least 4 members (excludes halogenated alkanes) is 4. The van der Waals surface area contributed by atoms with Crippen molar-refractivity contribution < 1.29 is 4.74 Å². The average molecular weight is 232 g/mol. The fraction of sp³-hybridized carbons (Fsp3) is 0.500. The average Bonchev–Trinajstić information content (AvgIpc) is 2.38. The van der Waals surface area contributed by atoms with E-state index in [1.165, 1.54) is 31.2 Å². The van der Waals surface area contributed by atoms with Gasteiger partial charge in [0.25, 0.3) is 0 Å². The van der Waals surface area contributed by atoms with E-state index in [0.29, 0.717) is 0 Å². The molecule has 94 valence electrons. The summed E-state index contributed by atoms with van der Waals surface area (Å²) in [7, 11) is 0. The molecule has 1 nitrogen and oxygen atoms in total.